The van der Waals surface area contributed by atoms with Crippen LogP contribution in [-0.2, 0) is 0 Å². The minimum Gasteiger partial charge on any atom is -0.237 e. The molecule has 0 saturated carbocycles. The molecule has 2 rings (SSSR count). The fourth-order valence-electron chi connectivity index (χ4n) is 1.74. The van der Waals surface area contributed by atoms with E-state index in [1.807, 2.05) is 13.8 Å². The highest BCUT2D eigenvalue weighted by Crippen LogP contribution is 2.25. The zero-order valence-corrected chi connectivity index (χ0v) is 13.4. The molecule has 0 fully saturated rings. The maximum Gasteiger partial charge on any atom is 0.126 e. The third-order valence-corrected chi connectivity index (χ3v) is 4.93. The van der Waals surface area contributed by atoms with Crippen LogP contribution in [0.3, 0.4) is 0 Å². The van der Waals surface area contributed by atoms with E-state index in [0.29, 0.717) is 11.4 Å². The Morgan fingerprint density at radius 2 is 1.76 bits per heavy atom. The van der Waals surface area contributed by atoms with Crippen molar-refractivity contribution in [3.63, 3.8) is 0 Å². The number of hydrogen-bond acceptors (Lipinski definition) is 5. The molecule has 0 amide bonds. The van der Waals surface area contributed by atoms with E-state index in [1.165, 1.54) is 12.1 Å². The first kappa shape index (κ1) is 15.8. The van der Waals surface area contributed by atoms with Crippen LogP contribution in [0.15, 0.2) is 34.2 Å². The molecule has 0 N–H and O–H groups in total. The van der Waals surface area contributed by atoms with Crippen molar-refractivity contribution in [2.75, 3.05) is 11.5 Å². The minimum atomic E-state index is -0.223. The Morgan fingerprint density at radius 1 is 1.10 bits per heavy atom. The van der Waals surface area contributed by atoms with Gasteiger partial charge in [-0.2, -0.15) is 5.26 Å². The average molecular weight is 319 g/mol. The van der Waals surface area contributed by atoms with Crippen LogP contribution in [0.2, 0.25) is 0 Å². The first-order valence-electron chi connectivity index (χ1n) is 6.36. The summed E-state index contributed by atoms with van der Waals surface area (Å²) in [7, 11) is 0. The summed E-state index contributed by atoms with van der Waals surface area (Å²) in [6.45, 7) is 3.65. The molecule has 108 valence electrons. The molecule has 0 aliphatic rings. The van der Waals surface area contributed by atoms with Gasteiger partial charge in [-0.15, -0.1) is 23.5 Å². The summed E-state index contributed by atoms with van der Waals surface area (Å²) in [4.78, 5) is 9.57. The predicted octanol–water partition coefficient (Wildman–Crippen LogP) is 3.99. The highest BCUT2D eigenvalue weighted by molar-refractivity contribution is 8.03. The van der Waals surface area contributed by atoms with Crippen LogP contribution in [0.1, 0.15) is 17.1 Å². The molecular formula is C15H14FN3S2. The minimum absolute atomic E-state index is 0.223. The number of benzene rings is 1. The van der Waals surface area contributed by atoms with Gasteiger partial charge in [-0.1, -0.05) is 0 Å². The van der Waals surface area contributed by atoms with Crippen molar-refractivity contribution in [1.82, 2.24) is 9.97 Å². The van der Waals surface area contributed by atoms with Crippen molar-refractivity contribution in [2.24, 2.45) is 0 Å². The van der Waals surface area contributed by atoms with E-state index in [-0.39, 0.29) is 5.82 Å². The molecule has 0 saturated heterocycles. The third-order valence-electron chi connectivity index (χ3n) is 2.68. The average Bonchev–Trinajstić information content (AvgIpc) is 2.45. The summed E-state index contributed by atoms with van der Waals surface area (Å²) in [5.41, 5.74) is 1.27. The summed E-state index contributed by atoms with van der Waals surface area (Å²) >= 11 is 3.21. The van der Waals surface area contributed by atoms with Crippen LogP contribution in [-0.4, -0.2) is 21.5 Å². The van der Waals surface area contributed by atoms with Crippen molar-refractivity contribution in [3.05, 3.63) is 47.2 Å². The molecule has 1 aromatic heterocycles. The standard InChI is InChI=1S/C15H14FN3S2/c1-10-14(9-17)15(19-11(2)18-10)21-8-7-20-13-5-3-12(16)4-6-13/h3-6H,7-8H2,1-2H3. The first-order chi connectivity index (χ1) is 10.1. The highest BCUT2D eigenvalue weighted by atomic mass is 32.2. The van der Waals surface area contributed by atoms with Gasteiger partial charge >= 0.3 is 0 Å². The number of thioether (sulfide) groups is 2. The second kappa shape index (κ2) is 7.43. The molecule has 0 aliphatic heterocycles. The monoisotopic (exact) mass is 319 g/mol. The Bertz CT molecular complexity index is 666. The molecule has 0 aliphatic carbocycles. The predicted molar refractivity (Wildman–Crippen MR) is 84.1 cm³/mol. The second-order valence-corrected chi connectivity index (χ2v) is 6.55. The van der Waals surface area contributed by atoms with Gasteiger partial charge < -0.3 is 0 Å². The number of rotatable bonds is 5. The van der Waals surface area contributed by atoms with Crippen molar-refractivity contribution in [1.29, 1.82) is 5.26 Å². The van der Waals surface area contributed by atoms with Gasteiger partial charge in [-0.3, -0.25) is 0 Å². The molecule has 3 nitrogen and oxygen atoms in total. The summed E-state index contributed by atoms with van der Waals surface area (Å²) in [6.07, 6.45) is 0. The van der Waals surface area contributed by atoms with Gasteiger partial charge in [-0.25, -0.2) is 14.4 Å². The third kappa shape index (κ3) is 4.45. The van der Waals surface area contributed by atoms with Crippen LogP contribution < -0.4 is 0 Å². The zero-order chi connectivity index (χ0) is 15.2. The Hall–Kier alpha value is -1.58. The second-order valence-electron chi connectivity index (χ2n) is 4.30. The summed E-state index contributed by atoms with van der Waals surface area (Å²) in [5.74, 6) is 2.15. The van der Waals surface area contributed by atoms with Crippen LogP contribution in [0, 0.1) is 31.0 Å². The molecule has 1 heterocycles. The van der Waals surface area contributed by atoms with Gasteiger partial charge in [-0.05, 0) is 38.1 Å². The smallest absolute Gasteiger partial charge is 0.126 e. The summed E-state index contributed by atoms with van der Waals surface area (Å²) in [5, 5.41) is 9.90. The van der Waals surface area contributed by atoms with Gasteiger partial charge in [0.2, 0.25) is 0 Å². The topological polar surface area (TPSA) is 49.6 Å². The number of hydrogen-bond donors (Lipinski definition) is 0. The van der Waals surface area contributed by atoms with Gasteiger partial charge in [0.1, 0.15) is 28.3 Å². The SMILES string of the molecule is Cc1nc(C)c(C#N)c(SCCSc2ccc(F)cc2)n1. The first-order valence-corrected chi connectivity index (χ1v) is 8.34. The molecule has 21 heavy (non-hydrogen) atoms. The summed E-state index contributed by atoms with van der Waals surface area (Å²) < 4.78 is 12.8. The Kier molecular flexibility index (Phi) is 5.59. The normalized spacial score (nSPS) is 10.4. The van der Waals surface area contributed by atoms with E-state index in [0.717, 1.165) is 27.1 Å². The van der Waals surface area contributed by atoms with Crippen molar-refractivity contribution >= 4 is 23.5 Å². The van der Waals surface area contributed by atoms with E-state index in [2.05, 4.69) is 16.0 Å². The van der Waals surface area contributed by atoms with Crippen LogP contribution >= 0.6 is 23.5 Å². The lowest BCUT2D eigenvalue weighted by molar-refractivity contribution is 0.626. The van der Waals surface area contributed by atoms with Crippen molar-refractivity contribution in [2.45, 2.75) is 23.8 Å². The van der Waals surface area contributed by atoms with Crippen molar-refractivity contribution < 1.29 is 4.39 Å². The van der Waals surface area contributed by atoms with Gasteiger partial charge in [0.15, 0.2) is 0 Å². The van der Waals surface area contributed by atoms with E-state index in [9.17, 15) is 4.39 Å². The Balaban J connectivity index is 1.92. The quantitative estimate of drug-likeness (QED) is 0.474. The molecule has 0 radical (unpaired) electrons. The lowest BCUT2D eigenvalue weighted by Gasteiger charge is -2.06. The van der Waals surface area contributed by atoms with Crippen LogP contribution in [0.25, 0.3) is 0 Å². The molecule has 0 spiro atoms. The molecular weight excluding hydrogens is 305 g/mol. The fraction of sp³-hybridized carbons (Fsp3) is 0.267. The lowest BCUT2D eigenvalue weighted by Crippen LogP contribution is -1.99. The molecule has 0 bridgehead atoms. The molecule has 0 unspecified atom stereocenters. The number of aromatic nitrogens is 2. The van der Waals surface area contributed by atoms with Gasteiger partial charge in [0.25, 0.3) is 0 Å². The molecule has 2 aromatic rings. The number of nitriles is 1. The van der Waals surface area contributed by atoms with Crippen LogP contribution in [0.4, 0.5) is 4.39 Å². The van der Waals surface area contributed by atoms with Crippen LogP contribution in [0.5, 0.6) is 0 Å². The van der Waals surface area contributed by atoms with Crippen molar-refractivity contribution in [3.8, 4) is 6.07 Å². The number of aryl methyl sites for hydroxylation is 2. The Labute approximate surface area is 132 Å². The fourth-order valence-corrected chi connectivity index (χ4v) is 3.70. The van der Waals surface area contributed by atoms with E-state index in [4.69, 9.17) is 5.26 Å². The van der Waals surface area contributed by atoms with Gasteiger partial charge in [0.05, 0.1) is 5.69 Å². The molecule has 1 aromatic carbocycles. The number of halogens is 1. The largest absolute Gasteiger partial charge is 0.237 e. The zero-order valence-electron chi connectivity index (χ0n) is 11.8. The lowest BCUT2D eigenvalue weighted by atomic mass is 10.3. The van der Waals surface area contributed by atoms with Gasteiger partial charge in [0, 0.05) is 16.4 Å². The molecule has 6 heteroatoms. The van der Waals surface area contributed by atoms with E-state index < -0.39 is 0 Å². The maximum atomic E-state index is 12.8. The number of nitrogens with zero attached hydrogens (tertiary/aromatic N) is 3. The summed E-state index contributed by atoms with van der Waals surface area (Å²) in [6, 6.07) is 8.62. The molecule has 0 atom stereocenters. The Morgan fingerprint density at radius 3 is 2.43 bits per heavy atom. The highest BCUT2D eigenvalue weighted by Gasteiger charge is 2.10. The maximum absolute atomic E-state index is 12.8. The van der Waals surface area contributed by atoms with E-state index >= 15 is 0 Å². The van der Waals surface area contributed by atoms with E-state index in [1.54, 1.807) is 35.7 Å².